The van der Waals surface area contributed by atoms with Crippen molar-refractivity contribution in [2.45, 2.75) is 31.6 Å². The van der Waals surface area contributed by atoms with Gasteiger partial charge in [0, 0.05) is 29.0 Å². The molecule has 0 atom stereocenters. The summed E-state index contributed by atoms with van der Waals surface area (Å²) >= 11 is 1.87. The first kappa shape index (κ1) is 12.2. The highest BCUT2D eigenvalue weighted by atomic mass is 32.2. The molecule has 0 spiro atoms. The Kier molecular flexibility index (Phi) is 4.26. The standard InChI is InChI=1S/C14H17NOS/c1-3-13-11(2)14(6-8-15-13)17-10-7-12-5-4-9-16-12/h4-6,8-9H,3,7,10H2,1-2H3. The van der Waals surface area contributed by atoms with E-state index in [2.05, 4.69) is 24.9 Å². The molecular weight excluding hydrogens is 230 g/mol. The van der Waals surface area contributed by atoms with Crippen LogP contribution in [0.5, 0.6) is 0 Å². The fraction of sp³-hybridized carbons (Fsp3) is 0.357. The van der Waals surface area contributed by atoms with Crippen LogP contribution in [0.3, 0.4) is 0 Å². The number of nitrogens with zero attached hydrogens (tertiary/aromatic N) is 1. The Morgan fingerprint density at radius 3 is 2.94 bits per heavy atom. The van der Waals surface area contributed by atoms with E-state index < -0.39 is 0 Å². The molecule has 0 N–H and O–H groups in total. The molecule has 2 nitrogen and oxygen atoms in total. The maximum Gasteiger partial charge on any atom is 0.104 e. The highest BCUT2D eigenvalue weighted by molar-refractivity contribution is 7.99. The van der Waals surface area contributed by atoms with Crippen LogP contribution in [0.1, 0.15) is 23.9 Å². The first-order chi connectivity index (χ1) is 8.31. The Morgan fingerprint density at radius 1 is 1.35 bits per heavy atom. The number of pyridine rings is 1. The lowest BCUT2D eigenvalue weighted by Gasteiger charge is -2.08. The van der Waals surface area contributed by atoms with Gasteiger partial charge in [-0.15, -0.1) is 11.8 Å². The first-order valence-electron chi connectivity index (χ1n) is 5.91. The van der Waals surface area contributed by atoms with Crippen LogP contribution in [0, 0.1) is 6.92 Å². The van der Waals surface area contributed by atoms with Crippen LogP contribution in [0.4, 0.5) is 0 Å². The van der Waals surface area contributed by atoms with Gasteiger partial charge in [0.2, 0.25) is 0 Å². The van der Waals surface area contributed by atoms with Crippen LogP contribution in [-0.2, 0) is 12.8 Å². The molecule has 90 valence electrons. The van der Waals surface area contributed by atoms with Gasteiger partial charge in [0.25, 0.3) is 0 Å². The topological polar surface area (TPSA) is 26.0 Å². The monoisotopic (exact) mass is 247 g/mol. The third-order valence-electron chi connectivity index (χ3n) is 2.78. The smallest absolute Gasteiger partial charge is 0.104 e. The van der Waals surface area contributed by atoms with Gasteiger partial charge >= 0.3 is 0 Å². The molecule has 2 rings (SSSR count). The van der Waals surface area contributed by atoms with Gasteiger partial charge in [-0.05, 0) is 37.1 Å². The molecular formula is C14H17NOS. The van der Waals surface area contributed by atoms with Crippen molar-refractivity contribution in [2.24, 2.45) is 0 Å². The summed E-state index contributed by atoms with van der Waals surface area (Å²) in [6.45, 7) is 4.30. The van der Waals surface area contributed by atoms with Crippen molar-refractivity contribution in [3.63, 3.8) is 0 Å². The van der Waals surface area contributed by atoms with Crippen LogP contribution in [-0.4, -0.2) is 10.7 Å². The SMILES string of the molecule is CCc1nccc(SCCc2ccco2)c1C. The molecule has 0 radical (unpaired) electrons. The van der Waals surface area contributed by atoms with E-state index in [1.165, 1.54) is 16.2 Å². The third-order valence-corrected chi connectivity index (χ3v) is 3.94. The molecule has 0 saturated heterocycles. The quantitative estimate of drug-likeness (QED) is 0.750. The van der Waals surface area contributed by atoms with E-state index in [-0.39, 0.29) is 0 Å². The first-order valence-corrected chi connectivity index (χ1v) is 6.89. The molecule has 0 unspecified atom stereocenters. The highest BCUT2D eigenvalue weighted by Gasteiger charge is 2.04. The van der Waals surface area contributed by atoms with Crippen LogP contribution in [0.15, 0.2) is 40.0 Å². The molecule has 0 bridgehead atoms. The molecule has 0 fully saturated rings. The number of thioether (sulfide) groups is 1. The predicted molar refractivity (Wildman–Crippen MR) is 71.5 cm³/mol. The van der Waals surface area contributed by atoms with E-state index >= 15 is 0 Å². The Labute approximate surface area is 106 Å². The average Bonchev–Trinajstić information content (AvgIpc) is 2.84. The maximum absolute atomic E-state index is 5.32. The van der Waals surface area contributed by atoms with E-state index in [1.807, 2.05) is 30.1 Å². The fourth-order valence-electron chi connectivity index (χ4n) is 1.79. The highest BCUT2D eigenvalue weighted by Crippen LogP contribution is 2.24. The molecule has 0 amide bonds. The predicted octanol–water partition coefficient (Wildman–Crippen LogP) is 3.88. The van der Waals surface area contributed by atoms with Gasteiger partial charge < -0.3 is 4.42 Å². The third kappa shape index (κ3) is 3.13. The van der Waals surface area contributed by atoms with Gasteiger partial charge in [-0.3, -0.25) is 4.98 Å². The molecule has 0 aliphatic carbocycles. The van der Waals surface area contributed by atoms with Gasteiger partial charge in [-0.1, -0.05) is 6.92 Å². The number of hydrogen-bond donors (Lipinski definition) is 0. The number of aromatic nitrogens is 1. The zero-order valence-electron chi connectivity index (χ0n) is 10.3. The lowest BCUT2D eigenvalue weighted by Crippen LogP contribution is -1.94. The van der Waals surface area contributed by atoms with E-state index in [4.69, 9.17) is 4.42 Å². The number of furan rings is 1. The largest absolute Gasteiger partial charge is 0.469 e. The van der Waals surface area contributed by atoms with Crippen molar-refractivity contribution < 1.29 is 4.42 Å². The second-order valence-electron chi connectivity index (χ2n) is 3.91. The zero-order chi connectivity index (χ0) is 12.1. The minimum absolute atomic E-state index is 0.973. The Hall–Kier alpha value is -1.22. The average molecular weight is 247 g/mol. The summed E-state index contributed by atoms with van der Waals surface area (Å²) in [4.78, 5) is 5.72. The summed E-state index contributed by atoms with van der Waals surface area (Å²) in [5.74, 6) is 2.10. The van der Waals surface area contributed by atoms with Crippen molar-refractivity contribution >= 4 is 11.8 Å². The molecule has 17 heavy (non-hydrogen) atoms. The lowest BCUT2D eigenvalue weighted by atomic mass is 10.2. The summed E-state index contributed by atoms with van der Waals surface area (Å²) in [7, 11) is 0. The summed E-state index contributed by atoms with van der Waals surface area (Å²) in [5, 5.41) is 0. The molecule has 3 heteroatoms. The molecule has 0 aromatic carbocycles. The summed E-state index contributed by atoms with van der Waals surface area (Å²) < 4.78 is 5.32. The van der Waals surface area contributed by atoms with Crippen molar-refractivity contribution in [1.82, 2.24) is 4.98 Å². The Balaban J connectivity index is 1.95. The number of rotatable bonds is 5. The second-order valence-corrected chi connectivity index (χ2v) is 5.05. The second kappa shape index (κ2) is 5.92. The number of aryl methyl sites for hydroxylation is 2. The molecule has 0 aliphatic rings. The molecule has 0 saturated carbocycles. The summed E-state index contributed by atoms with van der Waals surface area (Å²) in [6.07, 6.45) is 5.60. The fourth-order valence-corrected chi connectivity index (χ4v) is 2.80. The van der Waals surface area contributed by atoms with Crippen LogP contribution in [0.25, 0.3) is 0 Å². The van der Waals surface area contributed by atoms with Crippen LogP contribution < -0.4 is 0 Å². The summed E-state index contributed by atoms with van der Waals surface area (Å²) in [5.41, 5.74) is 2.52. The van der Waals surface area contributed by atoms with Crippen LogP contribution >= 0.6 is 11.8 Å². The Morgan fingerprint density at radius 2 is 2.24 bits per heavy atom. The Bertz CT molecular complexity index is 465. The molecule has 2 heterocycles. The molecule has 2 aromatic rings. The van der Waals surface area contributed by atoms with Crippen molar-refractivity contribution in [2.75, 3.05) is 5.75 Å². The summed E-state index contributed by atoms with van der Waals surface area (Å²) in [6, 6.07) is 6.06. The van der Waals surface area contributed by atoms with Gasteiger partial charge in [0.05, 0.1) is 6.26 Å². The van der Waals surface area contributed by atoms with Gasteiger partial charge in [0.1, 0.15) is 5.76 Å². The van der Waals surface area contributed by atoms with E-state index in [0.29, 0.717) is 0 Å². The lowest BCUT2D eigenvalue weighted by molar-refractivity contribution is 0.517. The van der Waals surface area contributed by atoms with Crippen molar-refractivity contribution in [1.29, 1.82) is 0 Å². The van der Waals surface area contributed by atoms with E-state index in [9.17, 15) is 0 Å². The van der Waals surface area contributed by atoms with E-state index in [0.717, 1.165) is 24.4 Å². The van der Waals surface area contributed by atoms with Gasteiger partial charge in [-0.25, -0.2) is 0 Å². The normalized spacial score (nSPS) is 10.7. The van der Waals surface area contributed by atoms with E-state index in [1.54, 1.807) is 6.26 Å². The minimum atomic E-state index is 0.973. The maximum atomic E-state index is 5.32. The molecule has 2 aromatic heterocycles. The van der Waals surface area contributed by atoms with Crippen molar-refractivity contribution in [3.8, 4) is 0 Å². The molecule has 0 aliphatic heterocycles. The minimum Gasteiger partial charge on any atom is -0.469 e. The number of hydrogen-bond acceptors (Lipinski definition) is 3. The van der Waals surface area contributed by atoms with Gasteiger partial charge in [0.15, 0.2) is 0 Å². The van der Waals surface area contributed by atoms with Crippen molar-refractivity contribution in [3.05, 3.63) is 47.7 Å². The zero-order valence-corrected chi connectivity index (χ0v) is 11.1. The van der Waals surface area contributed by atoms with Crippen LogP contribution in [0.2, 0.25) is 0 Å². The van der Waals surface area contributed by atoms with Gasteiger partial charge in [-0.2, -0.15) is 0 Å².